The Balaban J connectivity index is 1.72. The number of nitrogens with zero attached hydrogens (tertiary/aromatic N) is 5. The largest absolute Gasteiger partial charge is 0.364 e. The molecule has 0 fully saturated rings. The molecule has 1 amide bonds. The van der Waals surface area contributed by atoms with E-state index < -0.39 is 0 Å². The second-order valence-electron chi connectivity index (χ2n) is 5.88. The number of aryl methyl sites for hydroxylation is 2. The summed E-state index contributed by atoms with van der Waals surface area (Å²) >= 11 is 0. The minimum absolute atomic E-state index is 0.179. The summed E-state index contributed by atoms with van der Waals surface area (Å²) in [6.07, 6.45) is 1.49. The molecule has 3 aromatic rings. The zero-order chi connectivity index (χ0) is 17.3. The second kappa shape index (κ2) is 6.31. The van der Waals surface area contributed by atoms with Crippen molar-refractivity contribution < 1.29 is 9.32 Å². The van der Waals surface area contributed by atoms with Crippen LogP contribution in [0.4, 0.5) is 0 Å². The molecule has 3 aromatic heterocycles. The van der Waals surface area contributed by atoms with E-state index in [0.717, 1.165) is 17.1 Å². The fraction of sp³-hybridized carbons (Fsp3) is 0.375. The molecule has 0 spiro atoms. The monoisotopic (exact) mass is 328 g/mol. The van der Waals surface area contributed by atoms with Gasteiger partial charge >= 0.3 is 0 Å². The van der Waals surface area contributed by atoms with Crippen molar-refractivity contribution in [3.63, 3.8) is 0 Å². The van der Waals surface area contributed by atoms with Gasteiger partial charge in [-0.25, -0.2) is 0 Å². The normalized spacial score (nSPS) is 12.3. The van der Waals surface area contributed by atoms with Crippen LogP contribution in [0.2, 0.25) is 0 Å². The number of hydrogen-bond donors (Lipinski definition) is 1. The van der Waals surface area contributed by atoms with E-state index in [2.05, 4.69) is 20.5 Å². The van der Waals surface area contributed by atoms with Gasteiger partial charge in [-0.1, -0.05) is 5.16 Å². The van der Waals surface area contributed by atoms with E-state index in [9.17, 15) is 4.79 Å². The summed E-state index contributed by atoms with van der Waals surface area (Å²) in [4.78, 5) is 14.2. The molecule has 8 heteroatoms. The number of aromatic nitrogens is 5. The van der Waals surface area contributed by atoms with E-state index in [1.54, 1.807) is 24.1 Å². The Hall–Kier alpha value is -2.90. The first-order chi connectivity index (χ1) is 11.5. The molecule has 0 saturated carbocycles. The van der Waals surface area contributed by atoms with Crippen molar-refractivity contribution in [3.8, 4) is 0 Å². The highest BCUT2D eigenvalue weighted by atomic mass is 16.5. The lowest BCUT2D eigenvalue weighted by Gasteiger charge is -2.21. The maximum absolute atomic E-state index is 12.6. The fourth-order valence-electron chi connectivity index (χ4n) is 2.54. The predicted octanol–water partition coefficient (Wildman–Crippen LogP) is 2.09. The maximum atomic E-state index is 12.6. The Morgan fingerprint density at radius 1 is 1.42 bits per heavy atom. The van der Waals surface area contributed by atoms with Crippen LogP contribution in [0.15, 0.2) is 29.0 Å². The molecule has 1 atom stereocenters. The molecule has 0 aromatic carbocycles. The number of hydrogen-bond acceptors (Lipinski definition) is 5. The molecule has 0 aliphatic rings. The molecule has 3 rings (SSSR count). The summed E-state index contributed by atoms with van der Waals surface area (Å²) in [5.41, 5.74) is 3.91. The van der Waals surface area contributed by atoms with Crippen molar-refractivity contribution in [3.05, 3.63) is 52.9 Å². The van der Waals surface area contributed by atoms with Crippen molar-refractivity contribution in [2.24, 2.45) is 0 Å². The summed E-state index contributed by atoms with van der Waals surface area (Å²) in [5, 5.41) is 15.3. The van der Waals surface area contributed by atoms with Gasteiger partial charge in [-0.2, -0.15) is 10.2 Å². The topological polar surface area (TPSA) is 92.8 Å². The standard InChI is InChI=1S/C16H20N6O2/c1-10-7-11(2)22(19-10)9-13-8-15(18-17-13)16(23)21(4)12(3)14-5-6-24-20-14/h5-8,12H,9H2,1-4H3,(H,17,18)/t12-/m0/s1. The van der Waals surface area contributed by atoms with Gasteiger partial charge in [0.15, 0.2) is 0 Å². The van der Waals surface area contributed by atoms with Crippen molar-refractivity contribution >= 4 is 5.91 Å². The van der Waals surface area contributed by atoms with Gasteiger partial charge in [0.25, 0.3) is 5.91 Å². The van der Waals surface area contributed by atoms with Crippen LogP contribution in [-0.4, -0.2) is 43.0 Å². The number of nitrogens with one attached hydrogen (secondary N) is 1. The summed E-state index contributed by atoms with van der Waals surface area (Å²) in [6.45, 7) is 6.38. The van der Waals surface area contributed by atoms with Gasteiger partial charge in [-0.05, 0) is 32.9 Å². The molecule has 0 radical (unpaired) electrons. The zero-order valence-electron chi connectivity index (χ0n) is 14.1. The average Bonchev–Trinajstić information content (AvgIpc) is 3.28. The summed E-state index contributed by atoms with van der Waals surface area (Å²) in [7, 11) is 1.72. The Morgan fingerprint density at radius 2 is 2.21 bits per heavy atom. The van der Waals surface area contributed by atoms with E-state index in [1.807, 2.05) is 31.5 Å². The number of carbonyl (C=O) groups excluding carboxylic acids is 1. The van der Waals surface area contributed by atoms with Crippen LogP contribution < -0.4 is 0 Å². The van der Waals surface area contributed by atoms with Crippen LogP contribution in [0.25, 0.3) is 0 Å². The van der Waals surface area contributed by atoms with E-state index in [-0.39, 0.29) is 11.9 Å². The fourth-order valence-corrected chi connectivity index (χ4v) is 2.54. The highest BCUT2D eigenvalue weighted by Crippen LogP contribution is 2.18. The average molecular weight is 328 g/mol. The molecule has 126 valence electrons. The summed E-state index contributed by atoms with van der Waals surface area (Å²) in [5.74, 6) is -0.179. The van der Waals surface area contributed by atoms with Gasteiger partial charge in [0.2, 0.25) is 0 Å². The van der Waals surface area contributed by atoms with Crippen LogP contribution in [0.3, 0.4) is 0 Å². The molecule has 0 aliphatic heterocycles. The van der Waals surface area contributed by atoms with Gasteiger partial charge in [-0.15, -0.1) is 0 Å². The predicted molar refractivity (Wildman–Crippen MR) is 86.4 cm³/mol. The lowest BCUT2D eigenvalue weighted by Crippen LogP contribution is -2.30. The molecular formula is C16H20N6O2. The second-order valence-corrected chi connectivity index (χ2v) is 5.88. The van der Waals surface area contributed by atoms with Gasteiger partial charge in [0.1, 0.15) is 17.7 Å². The highest BCUT2D eigenvalue weighted by molar-refractivity contribution is 5.92. The third kappa shape index (κ3) is 3.08. The molecule has 0 unspecified atom stereocenters. The van der Waals surface area contributed by atoms with Crippen molar-refractivity contribution in [2.45, 2.75) is 33.4 Å². The third-order valence-electron chi connectivity index (χ3n) is 4.06. The maximum Gasteiger partial charge on any atom is 0.274 e. The van der Waals surface area contributed by atoms with E-state index >= 15 is 0 Å². The molecule has 1 N–H and O–H groups in total. The van der Waals surface area contributed by atoms with Crippen LogP contribution in [-0.2, 0) is 6.54 Å². The minimum atomic E-state index is -0.201. The smallest absolute Gasteiger partial charge is 0.274 e. The minimum Gasteiger partial charge on any atom is -0.364 e. The van der Waals surface area contributed by atoms with Gasteiger partial charge in [0, 0.05) is 18.8 Å². The molecule has 3 heterocycles. The Kier molecular flexibility index (Phi) is 4.20. The zero-order valence-corrected chi connectivity index (χ0v) is 14.1. The molecular weight excluding hydrogens is 308 g/mol. The van der Waals surface area contributed by atoms with Crippen LogP contribution in [0.5, 0.6) is 0 Å². The molecule has 8 nitrogen and oxygen atoms in total. The summed E-state index contributed by atoms with van der Waals surface area (Å²) < 4.78 is 6.71. The highest BCUT2D eigenvalue weighted by Gasteiger charge is 2.23. The van der Waals surface area contributed by atoms with Crippen LogP contribution >= 0.6 is 0 Å². The SMILES string of the molecule is Cc1cc(C)n(Cc2cc(C(=O)N(C)[C@@H](C)c3ccon3)n[nH]2)n1. The van der Waals surface area contributed by atoms with Crippen molar-refractivity contribution in [1.82, 2.24) is 30.0 Å². The molecule has 0 saturated heterocycles. The first kappa shape index (κ1) is 16.0. The quantitative estimate of drug-likeness (QED) is 0.774. The van der Waals surface area contributed by atoms with E-state index in [1.165, 1.54) is 6.26 Å². The van der Waals surface area contributed by atoms with E-state index in [0.29, 0.717) is 17.9 Å². The van der Waals surface area contributed by atoms with Crippen molar-refractivity contribution in [2.75, 3.05) is 7.05 Å². The lowest BCUT2D eigenvalue weighted by atomic mass is 10.2. The van der Waals surface area contributed by atoms with Crippen LogP contribution in [0.1, 0.15) is 46.2 Å². The number of rotatable bonds is 5. The number of aromatic amines is 1. The first-order valence-electron chi connectivity index (χ1n) is 7.68. The Bertz CT molecular complexity index is 833. The molecule has 0 bridgehead atoms. The first-order valence-corrected chi connectivity index (χ1v) is 7.68. The van der Waals surface area contributed by atoms with Crippen LogP contribution in [0, 0.1) is 13.8 Å². The van der Waals surface area contributed by atoms with Gasteiger partial charge in [-0.3, -0.25) is 14.6 Å². The van der Waals surface area contributed by atoms with E-state index in [4.69, 9.17) is 4.52 Å². The van der Waals surface area contributed by atoms with Gasteiger partial charge in [0.05, 0.1) is 24.0 Å². The number of H-pyrrole nitrogens is 1. The molecule has 0 aliphatic carbocycles. The van der Waals surface area contributed by atoms with Gasteiger partial charge < -0.3 is 9.42 Å². The Morgan fingerprint density at radius 3 is 2.83 bits per heavy atom. The number of amides is 1. The summed E-state index contributed by atoms with van der Waals surface area (Å²) in [6, 6.07) is 5.31. The third-order valence-corrected chi connectivity index (χ3v) is 4.06. The lowest BCUT2D eigenvalue weighted by molar-refractivity contribution is 0.0731. The molecule has 24 heavy (non-hydrogen) atoms. The number of carbonyl (C=O) groups is 1. The van der Waals surface area contributed by atoms with Crippen molar-refractivity contribution in [1.29, 1.82) is 0 Å². The Labute approximate surface area is 139 Å².